The molecule has 6 nitrogen and oxygen atoms in total. The smallest absolute Gasteiger partial charge is 0.187 e. The van der Waals surface area contributed by atoms with Crippen molar-refractivity contribution >= 4 is 49.3 Å². The van der Waals surface area contributed by atoms with Gasteiger partial charge >= 0.3 is 0 Å². The van der Waals surface area contributed by atoms with Gasteiger partial charge in [-0.05, 0) is 47.5 Å². The number of rotatable bonds is 4. The Bertz CT molecular complexity index is 2780. The molecule has 9 aromatic rings. The third-order valence-electron chi connectivity index (χ3n) is 9.87. The van der Waals surface area contributed by atoms with E-state index >= 15 is 0 Å². The number of nitriles is 3. The van der Waals surface area contributed by atoms with Gasteiger partial charge in [-0.1, -0.05) is 109 Å². The highest BCUT2D eigenvalue weighted by molar-refractivity contribution is 6.14. The van der Waals surface area contributed by atoms with E-state index in [-0.39, 0.29) is 11.1 Å². The van der Waals surface area contributed by atoms with Gasteiger partial charge in [0.1, 0.15) is 12.1 Å². The number of benzene rings is 7. The molecule has 6 heteroatoms. The van der Waals surface area contributed by atoms with Crippen LogP contribution in [0, 0.1) is 40.6 Å². The number of hydrogen-bond acceptors (Lipinski definition) is 3. The minimum Gasteiger partial charge on any atom is -0.307 e. The van der Waals surface area contributed by atoms with Crippen LogP contribution in [0.3, 0.4) is 0 Å². The maximum atomic E-state index is 11.2. The molecule has 0 radical (unpaired) electrons. The molecule has 238 valence electrons. The van der Waals surface area contributed by atoms with Crippen molar-refractivity contribution in [1.29, 1.82) is 15.8 Å². The van der Waals surface area contributed by atoms with E-state index in [4.69, 9.17) is 6.57 Å². The molecular weight excluding hydrogens is 637 g/mol. The maximum Gasteiger partial charge on any atom is 0.187 e. The van der Waals surface area contributed by atoms with E-state index < -0.39 is 0 Å². The highest BCUT2D eigenvalue weighted by Crippen LogP contribution is 2.49. The van der Waals surface area contributed by atoms with Crippen LogP contribution in [0.25, 0.3) is 82.1 Å². The molecule has 0 spiro atoms. The van der Waals surface area contributed by atoms with Crippen molar-refractivity contribution < 1.29 is 0 Å². The first-order valence-electron chi connectivity index (χ1n) is 16.7. The lowest BCUT2D eigenvalue weighted by Crippen LogP contribution is -2.11. The molecule has 7 aromatic carbocycles. The normalized spacial score (nSPS) is 11.0. The Morgan fingerprint density at radius 1 is 0.423 bits per heavy atom. The number of aromatic nitrogens is 2. The summed E-state index contributed by atoms with van der Waals surface area (Å²) in [6, 6.07) is 54.5. The zero-order valence-corrected chi connectivity index (χ0v) is 27.5. The molecular formula is C46H24N6. The molecule has 9 rings (SSSR count). The van der Waals surface area contributed by atoms with Crippen molar-refractivity contribution in [1.82, 2.24) is 9.13 Å². The van der Waals surface area contributed by atoms with E-state index in [0.29, 0.717) is 39.2 Å². The standard InChI is InChI=1S/C46H24N6/c1-50-32-24-22-31(23-25-32)44-38(28-49)37(27-48)43(30-20-18-29(26-47)19-21-30)45(51-39-14-6-2-10-33(39)34-11-3-7-15-40(34)51)46(44)52-41-16-8-4-12-35(41)36-13-5-9-17-42(36)52/h2-25H. The molecule has 0 bridgehead atoms. The quantitative estimate of drug-likeness (QED) is 0.176. The second-order valence-electron chi connectivity index (χ2n) is 12.5. The first-order chi connectivity index (χ1) is 25.7. The molecule has 0 atom stereocenters. The van der Waals surface area contributed by atoms with Crippen LogP contribution in [0.5, 0.6) is 0 Å². The topological polar surface area (TPSA) is 85.6 Å². The van der Waals surface area contributed by atoms with Gasteiger partial charge in [-0.15, -0.1) is 0 Å². The minimum absolute atomic E-state index is 0.220. The molecule has 0 saturated carbocycles. The van der Waals surface area contributed by atoms with Crippen LogP contribution in [0.15, 0.2) is 146 Å². The minimum atomic E-state index is 0.220. The average molecular weight is 661 g/mol. The molecule has 0 unspecified atom stereocenters. The predicted molar refractivity (Wildman–Crippen MR) is 206 cm³/mol. The number of para-hydroxylation sites is 4. The molecule has 2 aromatic heterocycles. The third-order valence-corrected chi connectivity index (χ3v) is 9.87. The fourth-order valence-electron chi connectivity index (χ4n) is 7.69. The van der Waals surface area contributed by atoms with Crippen molar-refractivity contribution in [2.75, 3.05) is 0 Å². The molecule has 0 aliphatic rings. The molecule has 52 heavy (non-hydrogen) atoms. The van der Waals surface area contributed by atoms with Crippen LogP contribution in [0.1, 0.15) is 16.7 Å². The van der Waals surface area contributed by atoms with Gasteiger partial charge in [0.15, 0.2) is 5.69 Å². The first-order valence-corrected chi connectivity index (χ1v) is 16.7. The van der Waals surface area contributed by atoms with E-state index in [1.54, 1.807) is 24.3 Å². The van der Waals surface area contributed by atoms with Crippen LogP contribution < -0.4 is 0 Å². The van der Waals surface area contributed by atoms with E-state index in [0.717, 1.165) is 49.3 Å². The highest BCUT2D eigenvalue weighted by Gasteiger charge is 2.31. The van der Waals surface area contributed by atoms with Gasteiger partial charge in [0, 0.05) is 32.7 Å². The Kier molecular flexibility index (Phi) is 6.91. The Hall–Kier alpha value is -7.90. The summed E-state index contributed by atoms with van der Waals surface area (Å²) in [5.74, 6) is 0. The van der Waals surface area contributed by atoms with Gasteiger partial charge in [-0.3, -0.25) is 0 Å². The van der Waals surface area contributed by atoms with Gasteiger partial charge in [0.25, 0.3) is 0 Å². The van der Waals surface area contributed by atoms with E-state index in [9.17, 15) is 15.8 Å². The zero-order valence-electron chi connectivity index (χ0n) is 27.5. The van der Waals surface area contributed by atoms with Crippen molar-refractivity contribution in [3.8, 4) is 51.8 Å². The first kappa shape index (κ1) is 30.2. The van der Waals surface area contributed by atoms with Gasteiger partial charge in [-0.25, -0.2) is 4.85 Å². The largest absolute Gasteiger partial charge is 0.307 e. The predicted octanol–water partition coefficient (Wildman–Crippen LogP) is 11.4. The summed E-state index contributed by atoms with van der Waals surface area (Å²) >= 11 is 0. The summed E-state index contributed by atoms with van der Waals surface area (Å²) in [6.07, 6.45) is 0. The second kappa shape index (κ2) is 11.9. The summed E-state index contributed by atoms with van der Waals surface area (Å²) in [5, 5.41) is 36.2. The fourth-order valence-corrected chi connectivity index (χ4v) is 7.69. The van der Waals surface area contributed by atoms with Crippen molar-refractivity contribution in [3.63, 3.8) is 0 Å². The van der Waals surface area contributed by atoms with Crippen LogP contribution in [0.4, 0.5) is 5.69 Å². The molecule has 0 aliphatic carbocycles. The van der Waals surface area contributed by atoms with Crippen LogP contribution in [0.2, 0.25) is 0 Å². The fraction of sp³-hybridized carbons (Fsp3) is 0. The molecule has 0 aliphatic heterocycles. The van der Waals surface area contributed by atoms with Gasteiger partial charge in [0.2, 0.25) is 0 Å². The molecule has 0 N–H and O–H groups in total. The van der Waals surface area contributed by atoms with Crippen molar-refractivity contribution in [3.05, 3.63) is 174 Å². The number of hydrogen-bond donors (Lipinski definition) is 0. The van der Waals surface area contributed by atoms with Gasteiger partial charge in [-0.2, -0.15) is 15.8 Å². The Morgan fingerprint density at radius 2 is 0.769 bits per heavy atom. The van der Waals surface area contributed by atoms with Crippen LogP contribution >= 0.6 is 0 Å². The Labute approximate surface area is 298 Å². The second-order valence-corrected chi connectivity index (χ2v) is 12.5. The zero-order chi connectivity index (χ0) is 35.3. The van der Waals surface area contributed by atoms with Crippen molar-refractivity contribution in [2.24, 2.45) is 0 Å². The summed E-state index contributed by atoms with van der Waals surface area (Å²) in [6.45, 7) is 7.63. The Morgan fingerprint density at radius 3 is 1.10 bits per heavy atom. The molecule has 0 fully saturated rings. The molecule has 0 saturated heterocycles. The maximum absolute atomic E-state index is 11.2. The van der Waals surface area contributed by atoms with Crippen molar-refractivity contribution in [2.45, 2.75) is 0 Å². The summed E-state index contributed by atoms with van der Waals surface area (Å²) < 4.78 is 4.44. The van der Waals surface area contributed by atoms with E-state index in [2.05, 4.69) is 80.7 Å². The SMILES string of the molecule is [C-]#[N+]c1ccc(-c2c(C#N)c(C#N)c(-c3ccc(C#N)cc3)c(-n3c4ccccc4c4ccccc43)c2-n2c3ccccc3c3ccccc32)cc1. The lowest BCUT2D eigenvalue weighted by atomic mass is 9.86. The summed E-state index contributed by atoms with van der Waals surface area (Å²) in [5.41, 5.74) is 9.12. The average Bonchev–Trinajstić information content (AvgIpc) is 3.72. The highest BCUT2D eigenvalue weighted by atomic mass is 15.1. The molecule has 0 amide bonds. The Balaban J connectivity index is 1.63. The van der Waals surface area contributed by atoms with E-state index in [1.165, 1.54) is 0 Å². The van der Waals surface area contributed by atoms with Crippen LogP contribution in [-0.2, 0) is 0 Å². The third kappa shape index (κ3) is 4.33. The van der Waals surface area contributed by atoms with Crippen LogP contribution in [-0.4, -0.2) is 9.13 Å². The van der Waals surface area contributed by atoms with Gasteiger partial charge < -0.3 is 9.13 Å². The summed E-state index contributed by atoms with van der Waals surface area (Å²) in [4.78, 5) is 3.63. The van der Waals surface area contributed by atoms with E-state index in [1.807, 2.05) is 72.8 Å². The lowest BCUT2D eigenvalue weighted by molar-refractivity contribution is 1.09. The summed E-state index contributed by atoms with van der Waals surface area (Å²) in [7, 11) is 0. The number of fused-ring (bicyclic) bond motifs is 6. The molecule has 2 heterocycles. The number of nitrogens with zero attached hydrogens (tertiary/aromatic N) is 6. The monoisotopic (exact) mass is 660 g/mol. The van der Waals surface area contributed by atoms with Gasteiger partial charge in [0.05, 0.1) is 62.8 Å². The lowest BCUT2D eigenvalue weighted by Gasteiger charge is -2.26.